The molecule has 2 amide bonds. The van der Waals surface area contributed by atoms with E-state index in [0.717, 1.165) is 18.5 Å². The molecule has 2 heterocycles. The first kappa shape index (κ1) is 14.7. The summed E-state index contributed by atoms with van der Waals surface area (Å²) in [5.41, 5.74) is 1.18. The zero-order valence-corrected chi connectivity index (χ0v) is 12.7. The maximum Gasteiger partial charge on any atom is 0.290 e. The fraction of sp³-hybridized carbons (Fsp3) is 0.600. The number of carbonyl (C=O) groups is 3. The van der Waals surface area contributed by atoms with Crippen molar-refractivity contribution in [1.82, 2.24) is 20.0 Å². The molecule has 7 heteroatoms. The van der Waals surface area contributed by atoms with Gasteiger partial charge in [-0.05, 0) is 25.3 Å². The van der Waals surface area contributed by atoms with Gasteiger partial charge in [0.15, 0.2) is 5.69 Å². The van der Waals surface area contributed by atoms with Crippen molar-refractivity contribution in [2.75, 3.05) is 6.54 Å². The number of amides is 2. The van der Waals surface area contributed by atoms with Crippen molar-refractivity contribution in [3.8, 4) is 0 Å². The molecular weight excluding hydrogens is 284 g/mol. The third-order valence-corrected chi connectivity index (χ3v) is 3.95. The Labute approximate surface area is 128 Å². The summed E-state index contributed by atoms with van der Waals surface area (Å²) in [6.07, 6.45) is 3.01. The van der Waals surface area contributed by atoms with Crippen LogP contribution in [-0.2, 0) is 22.7 Å². The molecule has 1 N–H and O–H groups in total. The minimum Gasteiger partial charge on any atom is -0.348 e. The number of Topliss-reactive ketones (excluding diaryl/α,β-unsaturated/α-hetero) is 1. The quantitative estimate of drug-likeness (QED) is 0.802. The Morgan fingerprint density at radius 3 is 2.77 bits per heavy atom. The van der Waals surface area contributed by atoms with Gasteiger partial charge in [0.05, 0.1) is 18.8 Å². The largest absolute Gasteiger partial charge is 0.348 e. The van der Waals surface area contributed by atoms with Crippen LogP contribution in [0.4, 0.5) is 0 Å². The number of nitrogens with zero attached hydrogens (tertiary/aromatic N) is 3. The molecule has 0 saturated heterocycles. The van der Waals surface area contributed by atoms with Crippen LogP contribution in [0.1, 0.15) is 48.8 Å². The average Bonchev–Trinajstić information content (AvgIpc) is 3.21. The SMILES string of the molecule is CCCC(=O)C(=O)N1CCn2nc(C(=O)NC3CC3)cc2C1. The second-order valence-corrected chi connectivity index (χ2v) is 5.89. The molecule has 0 bridgehead atoms. The number of hydrogen-bond donors (Lipinski definition) is 1. The van der Waals surface area contributed by atoms with E-state index in [1.807, 2.05) is 6.92 Å². The molecule has 0 radical (unpaired) electrons. The minimum atomic E-state index is -0.432. The molecule has 1 aliphatic carbocycles. The lowest BCUT2D eigenvalue weighted by molar-refractivity contribution is -0.145. The van der Waals surface area contributed by atoms with Crippen LogP contribution in [0.2, 0.25) is 0 Å². The first-order valence-electron chi connectivity index (χ1n) is 7.78. The van der Waals surface area contributed by atoms with Crippen LogP contribution in [0.3, 0.4) is 0 Å². The number of fused-ring (bicyclic) bond motifs is 1. The Morgan fingerprint density at radius 2 is 2.09 bits per heavy atom. The minimum absolute atomic E-state index is 0.163. The summed E-state index contributed by atoms with van der Waals surface area (Å²) in [6.45, 7) is 3.17. The van der Waals surface area contributed by atoms with Gasteiger partial charge in [0, 0.05) is 19.0 Å². The second-order valence-electron chi connectivity index (χ2n) is 5.89. The number of aromatic nitrogens is 2. The molecule has 1 saturated carbocycles. The van der Waals surface area contributed by atoms with Crippen LogP contribution in [0.5, 0.6) is 0 Å². The zero-order chi connectivity index (χ0) is 15.7. The lowest BCUT2D eigenvalue weighted by Gasteiger charge is -2.26. The molecule has 0 spiro atoms. The van der Waals surface area contributed by atoms with Crippen LogP contribution >= 0.6 is 0 Å². The van der Waals surface area contributed by atoms with Crippen molar-refractivity contribution in [2.45, 2.75) is 51.7 Å². The summed E-state index contributed by atoms with van der Waals surface area (Å²) < 4.78 is 1.75. The second kappa shape index (κ2) is 5.90. The first-order chi connectivity index (χ1) is 10.6. The molecule has 1 aliphatic heterocycles. The van der Waals surface area contributed by atoms with E-state index < -0.39 is 5.91 Å². The van der Waals surface area contributed by atoms with Gasteiger partial charge in [0.1, 0.15) is 0 Å². The summed E-state index contributed by atoms with van der Waals surface area (Å²) in [6, 6.07) is 2.00. The average molecular weight is 304 g/mol. The fourth-order valence-corrected chi connectivity index (χ4v) is 2.55. The third kappa shape index (κ3) is 3.03. The van der Waals surface area contributed by atoms with Gasteiger partial charge in [-0.3, -0.25) is 19.1 Å². The lowest BCUT2D eigenvalue weighted by atomic mass is 10.2. The number of ketones is 1. The van der Waals surface area contributed by atoms with E-state index in [1.54, 1.807) is 10.7 Å². The summed E-state index contributed by atoms with van der Waals surface area (Å²) in [5.74, 6) is -0.940. The van der Waals surface area contributed by atoms with Gasteiger partial charge in [-0.15, -0.1) is 0 Å². The topological polar surface area (TPSA) is 84.3 Å². The Kier molecular flexibility index (Phi) is 3.96. The standard InChI is InChI=1S/C15H20N4O3/c1-2-3-13(20)15(22)18-6-7-19-11(9-18)8-12(17-19)14(21)16-10-4-5-10/h8,10H,2-7,9H2,1H3,(H,16,21). The molecule has 0 aromatic carbocycles. The predicted molar refractivity (Wildman–Crippen MR) is 78.0 cm³/mol. The van der Waals surface area contributed by atoms with E-state index in [2.05, 4.69) is 10.4 Å². The van der Waals surface area contributed by atoms with Crippen molar-refractivity contribution in [2.24, 2.45) is 0 Å². The fourth-order valence-electron chi connectivity index (χ4n) is 2.55. The van der Waals surface area contributed by atoms with Crippen LogP contribution in [0.15, 0.2) is 6.07 Å². The van der Waals surface area contributed by atoms with Crippen LogP contribution in [0, 0.1) is 0 Å². The molecule has 3 rings (SSSR count). The molecule has 0 atom stereocenters. The maximum absolute atomic E-state index is 12.1. The van der Waals surface area contributed by atoms with Crippen LogP contribution in [0.25, 0.3) is 0 Å². The molecule has 118 valence electrons. The molecular formula is C15H20N4O3. The Balaban J connectivity index is 1.67. The highest BCUT2D eigenvalue weighted by molar-refractivity contribution is 6.36. The van der Waals surface area contributed by atoms with Crippen molar-refractivity contribution in [3.63, 3.8) is 0 Å². The van der Waals surface area contributed by atoms with Crippen molar-refractivity contribution < 1.29 is 14.4 Å². The van der Waals surface area contributed by atoms with E-state index in [4.69, 9.17) is 0 Å². The van der Waals surface area contributed by atoms with Gasteiger partial charge in [-0.25, -0.2) is 0 Å². The van der Waals surface area contributed by atoms with Crippen molar-refractivity contribution in [1.29, 1.82) is 0 Å². The molecule has 7 nitrogen and oxygen atoms in total. The smallest absolute Gasteiger partial charge is 0.290 e. The van der Waals surface area contributed by atoms with Crippen LogP contribution < -0.4 is 5.32 Å². The van der Waals surface area contributed by atoms with Gasteiger partial charge in [-0.2, -0.15) is 5.10 Å². The van der Waals surface area contributed by atoms with Crippen molar-refractivity contribution in [3.05, 3.63) is 17.5 Å². The highest BCUT2D eigenvalue weighted by atomic mass is 16.2. The lowest BCUT2D eigenvalue weighted by Crippen LogP contribution is -2.41. The number of carbonyl (C=O) groups excluding carboxylic acids is 3. The highest BCUT2D eigenvalue weighted by Gasteiger charge is 2.29. The molecule has 22 heavy (non-hydrogen) atoms. The van der Waals surface area contributed by atoms with Gasteiger partial charge in [0.2, 0.25) is 5.78 Å². The zero-order valence-electron chi connectivity index (χ0n) is 12.7. The molecule has 1 aromatic rings. The van der Waals surface area contributed by atoms with E-state index in [1.165, 1.54) is 4.90 Å². The van der Waals surface area contributed by atoms with E-state index in [-0.39, 0.29) is 24.2 Å². The highest BCUT2D eigenvalue weighted by Crippen LogP contribution is 2.20. The molecule has 1 fully saturated rings. The predicted octanol–water partition coefficient (Wildman–Crippen LogP) is 0.487. The maximum atomic E-state index is 12.1. The Morgan fingerprint density at radius 1 is 1.32 bits per heavy atom. The summed E-state index contributed by atoms with van der Waals surface area (Å²) in [7, 11) is 0. The number of nitrogens with one attached hydrogen (secondary N) is 1. The normalized spacial score (nSPS) is 17.0. The van der Waals surface area contributed by atoms with Gasteiger partial charge < -0.3 is 10.2 Å². The summed E-state index contributed by atoms with van der Waals surface area (Å²) in [5, 5.41) is 7.19. The molecule has 1 aromatic heterocycles. The monoisotopic (exact) mass is 304 g/mol. The van der Waals surface area contributed by atoms with E-state index >= 15 is 0 Å². The van der Waals surface area contributed by atoms with Gasteiger partial charge in [-0.1, -0.05) is 6.92 Å². The van der Waals surface area contributed by atoms with E-state index in [0.29, 0.717) is 31.7 Å². The van der Waals surface area contributed by atoms with Gasteiger partial charge in [0.25, 0.3) is 11.8 Å². The first-order valence-corrected chi connectivity index (χ1v) is 7.78. The van der Waals surface area contributed by atoms with E-state index in [9.17, 15) is 14.4 Å². The Hall–Kier alpha value is -2.18. The van der Waals surface area contributed by atoms with Crippen molar-refractivity contribution >= 4 is 17.6 Å². The number of rotatable bonds is 5. The van der Waals surface area contributed by atoms with Crippen LogP contribution in [-0.4, -0.2) is 44.9 Å². The third-order valence-electron chi connectivity index (χ3n) is 3.95. The Bertz CT molecular complexity index is 618. The molecule has 2 aliphatic rings. The number of hydrogen-bond acceptors (Lipinski definition) is 4. The summed E-state index contributed by atoms with van der Waals surface area (Å²) >= 11 is 0. The van der Waals surface area contributed by atoms with Gasteiger partial charge >= 0.3 is 0 Å². The molecule has 0 unspecified atom stereocenters. The summed E-state index contributed by atoms with van der Waals surface area (Å²) in [4.78, 5) is 37.3.